The molecule has 2 aliphatic heterocycles. The third-order valence-electron chi connectivity index (χ3n) is 10.2. The van der Waals surface area contributed by atoms with Gasteiger partial charge in [0.1, 0.15) is 17.5 Å². The molecular weight excluding hydrogens is 793 g/mol. The van der Waals surface area contributed by atoms with E-state index in [-0.39, 0.29) is 40.9 Å². The third-order valence-corrected chi connectivity index (χ3v) is 11.4. The van der Waals surface area contributed by atoms with Crippen molar-refractivity contribution in [2.75, 3.05) is 5.75 Å². The maximum Gasteiger partial charge on any atom is 0.327 e. The lowest BCUT2D eigenvalue weighted by Gasteiger charge is -2.25. The van der Waals surface area contributed by atoms with Crippen molar-refractivity contribution >= 4 is 52.7 Å². The quantitative estimate of drug-likeness (QED) is 0.198. The Morgan fingerprint density at radius 2 is 1.50 bits per heavy atom. The van der Waals surface area contributed by atoms with Gasteiger partial charge < -0.3 is 36.2 Å². The second kappa shape index (κ2) is 21.7. The number of aromatic hydroxyl groups is 1. The van der Waals surface area contributed by atoms with Crippen molar-refractivity contribution in [1.29, 1.82) is 0 Å². The van der Waals surface area contributed by atoms with E-state index in [0.717, 1.165) is 6.92 Å². The zero-order valence-electron chi connectivity index (χ0n) is 34.9. The average Bonchev–Trinajstić information content (AvgIpc) is 3.19. The Labute approximate surface area is 353 Å². The van der Waals surface area contributed by atoms with Gasteiger partial charge in [-0.25, -0.2) is 4.79 Å². The summed E-state index contributed by atoms with van der Waals surface area (Å²) in [6.45, 7) is 12.0. The first-order chi connectivity index (χ1) is 28.1. The van der Waals surface area contributed by atoms with Crippen molar-refractivity contribution in [3.05, 3.63) is 110 Å². The fourth-order valence-corrected chi connectivity index (χ4v) is 7.43. The maximum atomic E-state index is 14.5. The molecule has 3 aliphatic rings. The van der Waals surface area contributed by atoms with E-state index in [1.54, 1.807) is 58.1 Å². The molecule has 0 aromatic heterocycles. The standard InChI is InChI=1S/C45H54N2O12S/c1-22-12-10-9-11-13-25(4)44(57)47-37-41(55)31-19-28(7)40(54)36(35(31)42(56)43(37)60-21-32(45(58)59)46-29(8)48)39(53)27(6)18-26(5)38(52)24(3)15-17-30(49)16-14-23(2)34(51)20-33(22)50/h9-15,17-19,22,24,26,30,32-33,38,49-50,52,54H,16,20-21H2,1-8H3,(H,46,48)(H,47,57)(H,58,59)/b11-9+,12-10+,17-15+,23-14+,25-13-,27-18+. The van der Waals surface area contributed by atoms with Gasteiger partial charge in [-0.05, 0) is 56.9 Å². The molecule has 1 aromatic rings. The van der Waals surface area contributed by atoms with E-state index in [0.29, 0.717) is 17.3 Å². The molecule has 4 bridgehead atoms. The molecule has 2 heterocycles. The van der Waals surface area contributed by atoms with E-state index in [9.17, 15) is 59.1 Å². The number of carboxylic acids is 1. The van der Waals surface area contributed by atoms with Gasteiger partial charge in [0.2, 0.25) is 17.5 Å². The molecule has 4 rings (SSSR count). The molecule has 322 valence electrons. The fourth-order valence-electron chi connectivity index (χ4n) is 6.35. The van der Waals surface area contributed by atoms with E-state index in [1.807, 2.05) is 0 Å². The number of amides is 2. The minimum atomic E-state index is -1.52. The Balaban J connectivity index is 2.22. The Morgan fingerprint density at radius 3 is 2.13 bits per heavy atom. The number of hydrogen-bond acceptors (Lipinski definition) is 12. The lowest BCUT2D eigenvalue weighted by atomic mass is 9.83. The molecule has 60 heavy (non-hydrogen) atoms. The molecule has 0 fully saturated rings. The van der Waals surface area contributed by atoms with Crippen LogP contribution in [-0.4, -0.2) is 96.6 Å². The van der Waals surface area contributed by atoms with Crippen LogP contribution in [0, 0.1) is 24.7 Å². The smallest absolute Gasteiger partial charge is 0.327 e. The molecule has 1 aliphatic carbocycles. The van der Waals surface area contributed by atoms with Crippen LogP contribution in [-0.2, 0) is 19.2 Å². The first kappa shape index (κ1) is 48.9. The zero-order valence-corrected chi connectivity index (χ0v) is 35.8. The number of benzene rings is 1. The lowest BCUT2D eigenvalue weighted by Crippen LogP contribution is -2.42. The Hall–Kier alpha value is -5.48. The van der Waals surface area contributed by atoms with E-state index in [1.165, 1.54) is 51.1 Å². The number of rotatable bonds is 5. The Kier molecular flexibility index (Phi) is 17.7. The van der Waals surface area contributed by atoms with Crippen molar-refractivity contribution in [1.82, 2.24) is 10.6 Å². The molecule has 0 saturated heterocycles. The van der Waals surface area contributed by atoms with Crippen molar-refractivity contribution in [3.8, 4) is 5.75 Å². The number of hydrogen-bond donors (Lipinski definition) is 7. The number of aliphatic hydroxyl groups excluding tert-OH is 3. The summed E-state index contributed by atoms with van der Waals surface area (Å²) < 4.78 is 0. The number of aliphatic hydroxyl groups is 3. The highest BCUT2D eigenvalue weighted by Gasteiger charge is 2.39. The van der Waals surface area contributed by atoms with E-state index < -0.39 is 110 Å². The molecule has 15 heteroatoms. The number of Topliss-reactive ketones (excluding diaryl/α,β-unsaturated/α-hetero) is 4. The molecule has 2 amide bonds. The minimum absolute atomic E-state index is 0.00686. The van der Waals surface area contributed by atoms with Gasteiger partial charge in [-0.3, -0.25) is 28.8 Å². The molecule has 7 atom stereocenters. The third kappa shape index (κ3) is 12.5. The minimum Gasteiger partial charge on any atom is -0.507 e. The number of allylic oxidation sites excluding steroid dienone is 8. The Bertz CT molecular complexity index is 2140. The summed E-state index contributed by atoms with van der Waals surface area (Å²) in [6.07, 6.45) is 10.7. The molecule has 0 saturated carbocycles. The zero-order chi connectivity index (χ0) is 45.2. The normalized spacial score (nSPS) is 29.0. The topological polar surface area (TPSA) is 245 Å². The summed E-state index contributed by atoms with van der Waals surface area (Å²) >= 11 is 0.561. The highest BCUT2D eigenvalue weighted by molar-refractivity contribution is 8.04. The summed E-state index contributed by atoms with van der Waals surface area (Å²) in [6, 6.07) is -0.311. The van der Waals surface area contributed by atoms with Crippen LogP contribution in [0.25, 0.3) is 0 Å². The number of aryl methyl sites for hydroxylation is 1. The van der Waals surface area contributed by atoms with Crippen molar-refractivity contribution < 1.29 is 59.1 Å². The highest BCUT2D eigenvalue weighted by atomic mass is 32.2. The predicted octanol–water partition coefficient (Wildman–Crippen LogP) is 4.77. The van der Waals surface area contributed by atoms with Gasteiger partial charge in [0, 0.05) is 53.6 Å². The largest absolute Gasteiger partial charge is 0.507 e. The number of ketones is 4. The van der Waals surface area contributed by atoms with E-state index in [2.05, 4.69) is 10.6 Å². The first-order valence-electron chi connectivity index (χ1n) is 19.4. The van der Waals surface area contributed by atoms with Crippen molar-refractivity contribution in [2.24, 2.45) is 17.8 Å². The molecule has 0 radical (unpaired) electrons. The van der Waals surface area contributed by atoms with Crippen LogP contribution < -0.4 is 10.6 Å². The van der Waals surface area contributed by atoms with Crippen LogP contribution in [0.15, 0.2) is 88.1 Å². The monoisotopic (exact) mass is 846 g/mol. The summed E-state index contributed by atoms with van der Waals surface area (Å²) in [5.74, 6) is -8.66. The number of aliphatic carboxylic acids is 1. The molecule has 7 unspecified atom stereocenters. The Morgan fingerprint density at radius 1 is 0.833 bits per heavy atom. The second-order valence-electron chi connectivity index (χ2n) is 15.2. The van der Waals surface area contributed by atoms with Crippen molar-refractivity contribution in [2.45, 2.75) is 92.6 Å². The summed E-state index contributed by atoms with van der Waals surface area (Å²) in [4.78, 5) is 92.7. The number of thioether (sulfide) groups is 1. The van der Waals surface area contributed by atoms with Gasteiger partial charge in [-0.1, -0.05) is 75.5 Å². The predicted molar refractivity (Wildman–Crippen MR) is 227 cm³/mol. The van der Waals surface area contributed by atoms with Crippen LogP contribution in [0.2, 0.25) is 0 Å². The van der Waals surface area contributed by atoms with Gasteiger partial charge in [0.15, 0.2) is 11.6 Å². The molecular formula is C45H54N2O12S. The number of fused-ring (bicyclic) bond motifs is 18. The van der Waals surface area contributed by atoms with Gasteiger partial charge >= 0.3 is 5.97 Å². The highest BCUT2D eigenvalue weighted by Crippen LogP contribution is 2.40. The van der Waals surface area contributed by atoms with E-state index in [4.69, 9.17) is 0 Å². The first-order valence-corrected chi connectivity index (χ1v) is 20.4. The summed E-state index contributed by atoms with van der Waals surface area (Å²) in [7, 11) is 0. The summed E-state index contributed by atoms with van der Waals surface area (Å²) in [5.41, 5.74) is -1.25. The van der Waals surface area contributed by atoms with Crippen LogP contribution in [0.3, 0.4) is 0 Å². The van der Waals surface area contributed by atoms with Crippen molar-refractivity contribution in [3.63, 3.8) is 0 Å². The number of nitrogens with one attached hydrogen (secondary N) is 2. The van der Waals surface area contributed by atoms with Crippen LogP contribution >= 0.6 is 11.8 Å². The van der Waals surface area contributed by atoms with Gasteiger partial charge in [0.25, 0.3) is 5.91 Å². The number of phenols is 1. The lowest BCUT2D eigenvalue weighted by molar-refractivity contribution is -0.140. The van der Waals surface area contributed by atoms with Crippen LogP contribution in [0.5, 0.6) is 5.75 Å². The number of carbonyl (C=O) groups excluding carboxylic acids is 6. The molecule has 14 nitrogen and oxygen atoms in total. The van der Waals surface area contributed by atoms with Gasteiger partial charge in [-0.2, -0.15) is 0 Å². The average molecular weight is 847 g/mol. The van der Waals surface area contributed by atoms with Crippen LogP contribution in [0.1, 0.15) is 97.9 Å². The number of carbonyl (C=O) groups is 7. The number of phenolic OH excluding ortho intramolecular Hbond substituents is 1. The fraction of sp³-hybridized carbons (Fsp3) is 0.400. The molecule has 7 N–H and O–H groups in total. The van der Waals surface area contributed by atoms with Gasteiger partial charge in [0.05, 0.1) is 28.8 Å². The van der Waals surface area contributed by atoms with E-state index >= 15 is 0 Å². The summed E-state index contributed by atoms with van der Waals surface area (Å²) in [5, 5.41) is 58.2. The van der Waals surface area contributed by atoms with Gasteiger partial charge in [-0.15, -0.1) is 11.8 Å². The SMILES string of the molecule is CC(=O)NC(CSC1=C2NC(=O)\C(C)=C/C=C/C=C/C(C)C(O)CC(=O)/C(C)=C/CC(O)/C=C/C(C)C(O)C(C)/C=C(\C)C(=O)c3c(O)c(C)cc(c3C1=O)C2=O)C(=O)O. The second-order valence-corrected chi connectivity index (χ2v) is 16.2. The number of carboxylic acid groups (broad SMARTS) is 1. The van der Waals surface area contributed by atoms with Crippen LogP contribution in [0.4, 0.5) is 0 Å². The molecule has 1 aromatic carbocycles. The molecule has 0 spiro atoms. The maximum absolute atomic E-state index is 14.5.